The lowest BCUT2D eigenvalue weighted by molar-refractivity contribution is -0.155. The van der Waals surface area contributed by atoms with E-state index in [1.807, 2.05) is 0 Å². The molecular formula is C14H15BrF2N2O2. The third-order valence-electron chi connectivity index (χ3n) is 3.67. The van der Waals surface area contributed by atoms with Crippen molar-refractivity contribution in [2.45, 2.75) is 38.9 Å². The van der Waals surface area contributed by atoms with Crippen molar-refractivity contribution in [3.8, 4) is 0 Å². The fraction of sp³-hybridized carbons (Fsp3) is 0.429. The van der Waals surface area contributed by atoms with Crippen molar-refractivity contribution in [3.63, 3.8) is 0 Å². The summed E-state index contributed by atoms with van der Waals surface area (Å²) in [5.41, 5.74) is -1.42. The van der Waals surface area contributed by atoms with E-state index in [2.05, 4.69) is 21.2 Å². The number of amides is 2. The molecule has 21 heavy (non-hydrogen) atoms. The number of piperazine rings is 1. The molecule has 0 aromatic heterocycles. The summed E-state index contributed by atoms with van der Waals surface area (Å²) in [6.45, 7) is 4.32. The number of benzene rings is 1. The minimum absolute atomic E-state index is 0.110. The molecule has 1 aliphatic heterocycles. The van der Waals surface area contributed by atoms with Crippen LogP contribution in [0.1, 0.15) is 26.3 Å². The van der Waals surface area contributed by atoms with E-state index in [1.54, 1.807) is 13.8 Å². The Labute approximate surface area is 129 Å². The molecule has 7 heteroatoms. The van der Waals surface area contributed by atoms with Gasteiger partial charge in [-0.1, -0.05) is 0 Å². The molecule has 0 saturated carbocycles. The molecule has 0 radical (unpaired) electrons. The van der Waals surface area contributed by atoms with Crippen molar-refractivity contribution >= 4 is 27.7 Å². The molecule has 1 saturated heterocycles. The third-order valence-corrected chi connectivity index (χ3v) is 4.28. The molecule has 4 nitrogen and oxygen atoms in total. The Morgan fingerprint density at radius 1 is 1.33 bits per heavy atom. The maximum atomic E-state index is 14.1. The Bertz CT molecular complexity index is 619. The molecule has 0 spiro atoms. The molecule has 2 rings (SSSR count). The second-order valence-electron chi connectivity index (χ2n) is 5.50. The maximum Gasteiger partial charge on any atom is 0.246 e. The van der Waals surface area contributed by atoms with Crippen molar-refractivity contribution in [2.24, 2.45) is 0 Å². The zero-order valence-corrected chi connectivity index (χ0v) is 13.4. The molecule has 114 valence electrons. The topological polar surface area (TPSA) is 49.4 Å². The first-order chi connectivity index (χ1) is 9.66. The Balaban J connectivity index is 2.43. The van der Waals surface area contributed by atoms with Crippen LogP contribution >= 0.6 is 15.9 Å². The normalized spacial score (nSPS) is 21.4. The van der Waals surface area contributed by atoms with Crippen molar-refractivity contribution in [1.29, 1.82) is 0 Å². The predicted octanol–water partition coefficient (Wildman–Crippen LogP) is 2.35. The number of nitrogens with one attached hydrogen (secondary N) is 1. The van der Waals surface area contributed by atoms with Crippen molar-refractivity contribution < 1.29 is 18.4 Å². The first-order valence-electron chi connectivity index (χ1n) is 6.41. The fourth-order valence-corrected chi connectivity index (χ4v) is 2.59. The van der Waals surface area contributed by atoms with Crippen LogP contribution in [0.3, 0.4) is 0 Å². The quantitative estimate of drug-likeness (QED) is 0.823. The highest BCUT2D eigenvalue weighted by molar-refractivity contribution is 9.10. The van der Waals surface area contributed by atoms with E-state index in [4.69, 9.17) is 0 Å². The number of nitrogens with zero attached hydrogens (tertiary/aromatic N) is 1. The van der Waals surface area contributed by atoms with Gasteiger partial charge in [0.2, 0.25) is 11.8 Å². The molecule has 1 unspecified atom stereocenters. The summed E-state index contributed by atoms with van der Waals surface area (Å²) in [5.74, 6) is -2.25. The molecule has 1 aliphatic rings. The summed E-state index contributed by atoms with van der Waals surface area (Å²) < 4.78 is 28.0. The molecule has 2 amide bonds. The standard InChI is InChI=1S/C14H15BrF2N2O2/c1-7-12(20)19(14(2,3)13(21)18-7)6-8-10(16)5-4-9(15)11(8)17/h4-5,7H,6H2,1-3H3,(H,18,21). The van der Waals surface area contributed by atoms with Gasteiger partial charge in [0.15, 0.2) is 0 Å². The largest absolute Gasteiger partial charge is 0.343 e. The lowest BCUT2D eigenvalue weighted by Crippen LogP contribution is -2.67. The number of carbonyl (C=O) groups is 2. The summed E-state index contributed by atoms with van der Waals surface area (Å²) in [7, 11) is 0. The molecular weight excluding hydrogens is 346 g/mol. The van der Waals surface area contributed by atoms with E-state index in [-0.39, 0.29) is 28.4 Å². The van der Waals surface area contributed by atoms with Crippen molar-refractivity contribution in [3.05, 3.63) is 33.8 Å². The van der Waals surface area contributed by atoms with Gasteiger partial charge in [0.25, 0.3) is 0 Å². The number of carbonyl (C=O) groups excluding carboxylic acids is 2. The minimum atomic E-state index is -1.18. The first kappa shape index (κ1) is 15.9. The van der Waals surface area contributed by atoms with Crippen LogP contribution in [-0.4, -0.2) is 28.3 Å². The van der Waals surface area contributed by atoms with Gasteiger partial charge in [-0.15, -0.1) is 0 Å². The summed E-state index contributed by atoms with van der Waals surface area (Å²) >= 11 is 2.99. The highest BCUT2D eigenvalue weighted by Crippen LogP contribution is 2.28. The molecule has 1 fully saturated rings. The number of rotatable bonds is 2. The zero-order chi connectivity index (χ0) is 15.9. The smallest absolute Gasteiger partial charge is 0.246 e. The van der Waals surface area contributed by atoms with Crippen LogP contribution in [0, 0.1) is 11.6 Å². The summed E-state index contributed by atoms with van der Waals surface area (Å²) in [6, 6.07) is 1.66. The molecule has 1 aromatic carbocycles. The van der Waals surface area contributed by atoms with Crippen LogP contribution in [0.5, 0.6) is 0 Å². The second kappa shape index (κ2) is 5.36. The van der Waals surface area contributed by atoms with Gasteiger partial charge in [-0.05, 0) is 48.8 Å². The van der Waals surface area contributed by atoms with E-state index < -0.39 is 23.2 Å². The molecule has 0 aliphatic carbocycles. The molecule has 1 aromatic rings. The number of hydrogen-bond acceptors (Lipinski definition) is 2. The minimum Gasteiger partial charge on any atom is -0.343 e. The summed E-state index contributed by atoms with van der Waals surface area (Å²) in [6.07, 6.45) is 0. The molecule has 1 N–H and O–H groups in total. The second-order valence-corrected chi connectivity index (χ2v) is 6.35. The van der Waals surface area contributed by atoms with E-state index >= 15 is 0 Å². The van der Waals surface area contributed by atoms with E-state index in [0.717, 1.165) is 6.07 Å². The van der Waals surface area contributed by atoms with Crippen LogP contribution in [0.4, 0.5) is 8.78 Å². The molecule has 0 bridgehead atoms. The van der Waals surface area contributed by atoms with Gasteiger partial charge >= 0.3 is 0 Å². The summed E-state index contributed by atoms with van der Waals surface area (Å²) in [4.78, 5) is 25.5. The van der Waals surface area contributed by atoms with Crippen LogP contribution in [0.2, 0.25) is 0 Å². The van der Waals surface area contributed by atoms with Gasteiger partial charge in [-0.3, -0.25) is 9.59 Å². The van der Waals surface area contributed by atoms with Gasteiger partial charge in [0.1, 0.15) is 23.2 Å². The average molecular weight is 361 g/mol. The first-order valence-corrected chi connectivity index (χ1v) is 7.20. The summed E-state index contributed by atoms with van der Waals surface area (Å²) in [5, 5.41) is 2.55. The van der Waals surface area contributed by atoms with Gasteiger partial charge in [-0.2, -0.15) is 0 Å². The highest BCUT2D eigenvalue weighted by Gasteiger charge is 2.45. The Kier molecular flexibility index (Phi) is 4.06. The number of hydrogen-bond donors (Lipinski definition) is 1. The maximum absolute atomic E-state index is 14.1. The molecule has 1 atom stereocenters. The number of halogens is 3. The van der Waals surface area contributed by atoms with E-state index in [0.29, 0.717) is 0 Å². The van der Waals surface area contributed by atoms with Crippen LogP contribution in [0.15, 0.2) is 16.6 Å². The van der Waals surface area contributed by atoms with E-state index in [1.165, 1.54) is 17.9 Å². The Hall–Kier alpha value is -1.50. The SMILES string of the molecule is CC1NC(=O)C(C)(C)N(Cc2c(F)ccc(Br)c2F)C1=O. The molecule has 1 heterocycles. The van der Waals surface area contributed by atoms with Crippen LogP contribution in [-0.2, 0) is 16.1 Å². The predicted molar refractivity (Wildman–Crippen MR) is 76.3 cm³/mol. The van der Waals surface area contributed by atoms with Crippen molar-refractivity contribution in [1.82, 2.24) is 10.2 Å². The van der Waals surface area contributed by atoms with Crippen LogP contribution < -0.4 is 5.32 Å². The highest BCUT2D eigenvalue weighted by atomic mass is 79.9. The third kappa shape index (κ3) is 2.66. The van der Waals surface area contributed by atoms with Gasteiger partial charge in [-0.25, -0.2) is 8.78 Å². The average Bonchev–Trinajstić information content (AvgIpc) is 2.40. The van der Waals surface area contributed by atoms with Crippen LogP contribution in [0.25, 0.3) is 0 Å². The van der Waals surface area contributed by atoms with Gasteiger partial charge in [0.05, 0.1) is 11.0 Å². The lowest BCUT2D eigenvalue weighted by atomic mass is 9.95. The van der Waals surface area contributed by atoms with Gasteiger partial charge < -0.3 is 10.2 Å². The Morgan fingerprint density at radius 3 is 2.57 bits per heavy atom. The zero-order valence-electron chi connectivity index (χ0n) is 11.8. The van der Waals surface area contributed by atoms with E-state index in [9.17, 15) is 18.4 Å². The lowest BCUT2D eigenvalue weighted by Gasteiger charge is -2.43. The fourth-order valence-electron chi connectivity index (χ4n) is 2.21. The van der Waals surface area contributed by atoms with Crippen molar-refractivity contribution in [2.75, 3.05) is 0 Å². The van der Waals surface area contributed by atoms with Gasteiger partial charge in [0, 0.05) is 5.56 Å². The monoisotopic (exact) mass is 360 g/mol. The Morgan fingerprint density at radius 2 is 1.95 bits per heavy atom.